The van der Waals surface area contributed by atoms with E-state index in [0.29, 0.717) is 0 Å². The van der Waals surface area contributed by atoms with Crippen molar-refractivity contribution in [1.82, 2.24) is 10.3 Å². The smallest absolute Gasteiger partial charge is 0.275 e. The fraction of sp³-hybridized carbons (Fsp3) is 0.667. The van der Waals surface area contributed by atoms with Crippen LogP contribution < -0.4 is 11.3 Å². The van der Waals surface area contributed by atoms with Gasteiger partial charge in [0.15, 0.2) is 0 Å². The summed E-state index contributed by atoms with van der Waals surface area (Å²) in [7, 11) is 0. The Hall–Kier alpha value is -0.910. The first-order valence-corrected chi connectivity index (χ1v) is 8.30. The Balaban J connectivity index is 1.66. The number of nitrogens with two attached hydrogens (primary N) is 1. The van der Waals surface area contributed by atoms with Crippen LogP contribution in [-0.2, 0) is 6.54 Å². The second-order valence-electron chi connectivity index (χ2n) is 6.25. The van der Waals surface area contributed by atoms with Crippen molar-refractivity contribution in [3.63, 3.8) is 0 Å². The average molecular weight is 293 g/mol. The molecule has 0 radical (unpaired) electrons. The summed E-state index contributed by atoms with van der Waals surface area (Å²) in [4.78, 5) is 16.1. The summed E-state index contributed by atoms with van der Waals surface area (Å²) >= 11 is 1.54. The highest BCUT2D eigenvalue weighted by molar-refractivity contribution is 7.14. The van der Waals surface area contributed by atoms with Crippen LogP contribution in [0.15, 0.2) is 6.07 Å². The van der Waals surface area contributed by atoms with Crippen LogP contribution in [0.2, 0.25) is 0 Å². The molecule has 4 nitrogen and oxygen atoms in total. The number of nitrogens with one attached hydrogen (secondary N) is 1. The molecule has 1 heterocycles. The van der Waals surface area contributed by atoms with Gasteiger partial charge in [-0.1, -0.05) is 0 Å². The van der Waals surface area contributed by atoms with Gasteiger partial charge in [0.2, 0.25) is 0 Å². The van der Waals surface area contributed by atoms with E-state index in [2.05, 4.69) is 17.2 Å². The highest BCUT2D eigenvalue weighted by Crippen LogP contribution is 2.35. The van der Waals surface area contributed by atoms with Crippen molar-refractivity contribution in [1.29, 1.82) is 0 Å². The molecule has 0 aliphatic heterocycles. The Morgan fingerprint density at radius 1 is 1.35 bits per heavy atom. The zero-order valence-electron chi connectivity index (χ0n) is 12.0. The molecule has 0 spiro atoms. The molecule has 20 heavy (non-hydrogen) atoms. The highest BCUT2D eigenvalue weighted by atomic mass is 32.1. The van der Waals surface area contributed by atoms with Crippen LogP contribution in [0, 0.1) is 18.8 Å². The summed E-state index contributed by atoms with van der Waals surface area (Å²) in [5.41, 5.74) is 3.50. The van der Waals surface area contributed by atoms with Crippen LogP contribution >= 0.6 is 11.3 Å². The number of carbonyl (C=O) groups excluding carboxylic acids is 1. The zero-order valence-corrected chi connectivity index (χ0v) is 12.8. The number of hydrogen-bond acceptors (Lipinski definition) is 4. The second-order valence-corrected chi connectivity index (χ2v) is 7.50. The lowest BCUT2D eigenvalue weighted by molar-refractivity contribution is 0.0957. The predicted octanol–water partition coefficient (Wildman–Crippen LogP) is 2.28. The number of rotatable bonds is 7. The molecule has 1 aromatic rings. The molecule has 0 aromatic carbocycles. The third-order valence-electron chi connectivity index (χ3n) is 4.20. The van der Waals surface area contributed by atoms with Gasteiger partial charge in [-0.2, -0.15) is 0 Å². The summed E-state index contributed by atoms with van der Waals surface area (Å²) in [5, 5.41) is 0. The first kappa shape index (κ1) is 14.0. The molecule has 2 fully saturated rings. The number of thiophene rings is 1. The molecule has 110 valence electrons. The van der Waals surface area contributed by atoms with Crippen LogP contribution in [0.4, 0.5) is 0 Å². The number of nitrogens with zero attached hydrogens (tertiary/aromatic N) is 1. The normalized spacial score (nSPS) is 18.6. The van der Waals surface area contributed by atoms with E-state index in [0.717, 1.165) is 23.3 Å². The molecule has 5 heteroatoms. The van der Waals surface area contributed by atoms with Crippen LogP contribution in [0.1, 0.15) is 45.8 Å². The average Bonchev–Trinajstić information content (AvgIpc) is 3.33. The van der Waals surface area contributed by atoms with Crippen LogP contribution in [0.5, 0.6) is 0 Å². The van der Waals surface area contributed by atoms with Gasteiger partial charge < -0.3 is 0 Å². The van der Waals surface area contributed by atoms with Gasteiger partial charge in [0.1, 0.15) is 0 Å². The van der Waals surface area contributed by atoms with Crippen molar-refractivity contribution in [2.75, 3.05) is 13.1 Å². The van der Waals surface area contributed by atoms with E-state index >= 15 is 0 Å². The molecule has 2 aliphatic carbocycles. The molecule has 2 aliphatic rings. The summed E-state index contributed by atoms with van der Waals surface area (Å²) in [6.45, 7) is 5.53. The standard InChI is InChI=1S/C15H23N3OS/c1-10-13(6-14(20-10)15(19)17-16)9-18(7-11-2-3-11)8-12-4-5-12/h6,11-12H,2-5,7-9,16H2,1H3,(H,17,19). The van der Waals surface area contributed by atoms with E-state index in [-0.39, 0.29) is 5.91 Å². The van der Waals surface area contributed by atoms with E-state index < -0.39 is 0 Å². The molecule has 3 rings (SSSR count). The largest absolute Gasteiger partial charge is 0.298 e. The van der Waals surface area contributed by atoms with Crippen LogP contribution in [-0.4, -0.2) is 23.9 Å². The minimum absolute atomic E-state index is 0.180. The number of aryl methyl sites for hydroxylation is 1. The molecule has 0 saturated heterocycles. The first-order chi connectivity index (χ1) is 9.65. The topological polar surface area (TPSA) is 58.4 Å². The lowest BCUT2D eigenvalue weighted by Crippen LogP contribution is -2.29. The maximum atomic E-state index is 11.6. The van der Waals surface area contributed by atoms with Gasteiger partial charge in [-0.25, -0.2) is 5.84 Å². The van der Waals surface area contributed by atoms with Crippen molar-refractivity contribution < 1.29 is 4.79 Å². The number of hydrogen-bond donors (Lipinski definition) is 2. The fourth-order valence-electron chi connectivity index (χ4n) is 2.64. The third kappa shape index (κ3) is 3.59. The maximum Gasteiger partial charge on any atom is 0.275 e. The number of hydrazine groups is 1. The van der Waals surface area contributed by atoms with E-state index in [1.165, 1.54) is 60.6 Å². The van der Waals surface area contributed by atoms with Gasteiger partial charge in [0.05, 0.1) is 4.88 Å². The van der Waals surface area contributed by atoms with Crippen molar-refractivity contribution in [2.45, 2.75) is 39.2 Å². The molecule has 1 amide bonds. The number of carbonyl (C=O) groups is 1. The van der Waals surface area contributed by atoms with E-state index in [4.69, 9.17) is 5.84 Å². The first-order valence-electron chi connectivity index (χ1n) is 7.48. The molecular weight excluding hydrogens is 270 g/mol. The predicted molar refractivity (Wildman–Crippen MR) is 81.4 cm³/mol. The number of amides is 1. The van der Waals surface area contributed by atoms with Crippen molar-refractivity contribution >= 4 is 17.2 Å². The summed E-state index contributed by atoms with van der Waals surface area (Å²) in [6.07, 6.45) is 5.57. The van der Waals surface area contributed by atoms with Crippen molar-refractivity contribution in [3.05, 3.63) is 21.4 Å². The lowest BCUT2D eigenvalue weighted by atomic mass is 10.2. The lowest BCUT2D eigenvalue weighted by Gasteiger charge is -2.22. The Morgan fingerprint density at radius 2 is 1.95 bits per heavy atom. The molecule has 3 N–H and O–H groups in total. The Labute approximate surface area is 124 Å². The van der Waals surface area contributed by atoms with Gasteiger partial charge in [-0.05, 0) is 56.1 Å². The van der Waals surface area contributed by atoms with Crippen LogP contribution in [0.3, 0.4) is 0 Å². The van der Waals surface area contributed by atoms with E-state index in [9.17, 15) is 4.79 Å². The minimum atomic E-state index is -0.180. The molecule has 0 atom stereocenters. The van der Waals surface area contributed by atoms with Crippen molar-refractivity contribution in [2.24, 2.45) is 17.7 Å². The highest BCUT2D eigenvalue weighted by Gasteiger charge is 2.29. The summed E-state index contributed by atoms with van der Waals surface area (Å²) < 4.78 is 0. The monoisotopic (exact) mass is 293 g/mol. The fourth-order valence-corrected chi connectivity index (χ4v) is 3.57. The Kier molecular flexibility index (Phi) is 4.10. The Bertz CT molecular complexity index is 477. The number of nitrogen functional groups attached to an aromatic ring is 1. The molecular formula is C15H23N3OS. The van der Waals surface area contributed by atoms with Crippen LogP contribution in [0.25, 0.3) is 0 Å². The third-order valence-corrected chi connectivity index (χ3v) is 5.29. The van der Waals surface area contributed by atoms with Gasteiger partial charge in [0.25, 0.3) is 5.91 Å². The SMILES string of the molecule is Cc1sc(C(=O)NN)cc1CN(CC1CC1)CC1CC1. The quantitative estimate of drug-likeness (QED) is 0.461. The summed E-state index contributed by atoms with van der Waals surface area (Å²) in [5.74, 6) is 6.86. The van der Waals surface area contributed by atoms with Gasteiger partial charge >= 0.3 is 0 Å². The maximum absolute atomic E-state index is 11.6. The van der Waals surface area contributed by atoms with Gasteiger partial charge in [0, 0.05) is 24.5 Å². The molecule has 2 saturated carbocycles. The zero-order chi connectivity index (χ0) is 14.1. The second kappa shape index (κ2) is 5.84. The molecule has 0 unspecified atom stereocenters. The van der Waals surface area contributed by atoms with Gasteiger partial charge in [-0.3, -0.25) is 15.1 Å². The van der Waals surface area contributed by atoms with Crippen molar-refractivity contribution in [3.8, 4) is 0 Å². The van der Waals surface area contributed by atoms with Gasteiger partial charge in [-0.15, -0.1) is 11.3 Å². The van der Waals surface area contributed by atoms with E-state index in [1.54, 1.807) is 0 Å². The molecule has 1 aromatic heterocycles. The minimum Gasteiger partial charge on any atom is -0.298 e. The molecule has 0 bridgehead atoms. The summed E-state index contributed by atoms with van der Waals surface area (Å²) in [6, 6.07) is 2.01. The van der Waals surface area contributed by atoms with E-state index in [1.807, 2.05) is 6.07 Å². The Morgan fingerprint density at radius 3 is 2.45 bits per heavy atom.